The highest BCUT2D eigenvalue weighted by Gasteiger charge is 2.25. The van der Waals surface area contributed by atoms with Crippen molar-refractivity contribution in [3.63, 3.8) is 0 Å². The van der Waals surface area contributed by atoms with Crippen LogP contribution in [0.2, 0.25) is 0 Å². The number of aliphatic imine (C=N–C) groups is 1. The van der Waals surface area contributed by atoms with E-state index in [0.29, 0.717) is 12.5 Å². The van der Waals surface area contributed by atoms with Crippen LogP contribution in [0, 0.1) is 0 Å². The molecule has 2 fully saturated rings. The molecule has 150 valence electrons. The van der Waals surface area contributed by atoms with E-state index in [4.69, 9.17) is 4.99 Å². The van der Waals surface area contributed by atoms with Crippen molar-refractivity contribution in [2.24, 2.45) is 4.99 Å². The Morgan fingerprint density at radius 3 is 2.73 bits per heavy atom. The van der Waals surface area contributed by atoms with Crippen LogP contribution in [0.25, 0.3) is 0 Å². The second-order valence-corrected chi connectivity index (χ2v) is 7.67. The van der Waals surface area contributed by atoms with Crippen molar-refractivity contribution in [2.75, 3.05) is 39.3 Å². The zero-order chi connectivity index (χ0) is 18.8. The lowest BCUT2D eigenvalue weighted by Gasteiger charge is -2.33. The Labute approximate surface area is 159 Å². The number of unbranched alkanes of at least 4 members (excludes halogenated alkanes) is 1. The Morgan fingerprint density at radius 1 is 1.15 bits per heavy atom. The topological polar surface area (TPSA) is 60.0 Å². The van der Waals surface area contributed by atoms with Gasteiger partial charge in [-0.1, -0.05) is 13.3 Å². The standard InChI is InChI=1S/C20H39N5O/c1-4-19(26)25-15-11-18(16-25)23-20(21-5-2)22-12-7-9-14-24-13-8-6-10-17(24)3/h17-18H,4-16H2,1-3H3,(H2,21,22,23). The Bertz CT molecular complexity index is 453. The molecule has 0 spiro atoms. The van der Waals surface area contributed by atoms with Gasteiger partial charge in [0.15, 0.2) is 5.96 Å². The number of hydrogen-bond donors (Lipinski definition) is 2. The van der Waals surface area contributed by atoms with E-state index in [0.717, 1.165) is 51.0 Å². The van der Waals surface area contributed by atoms with Gasteiger partial charge in [-0.3, -0.25) is 9.79 Å². The van der Waals surface area contributed by atoms with Gasteiger partial charge in [0.05, 0.1) is 0 Å². The van der Waals surface area contributed by atoms with Gasteiger partial charge in [0.1, 0.15) is 0 Å². The normalized spacial score (nSPS) is 24.7. The summed E-state index contributed by atoms with van der Waals surface area (Å²) in [5.41, 5.74) is 0. The smallest absolute Gasteiger partial charge is 0.222 e. The molecule has 2 atom stereocenters. The van der Waals surface area contributed by atoms with Gasteiger partial charge in [0.2, 0.25) is 5.91 Å². The molecule has 26 heavy (non-hydrogen) atoms. The molecule has 0 radical (unpaired) electrons. The number of likely N-dealkylation sites (tertiary alicyclic amines) is 2. The Morgan fingerprint density at radius 2 is 2.00 bits per heavy atom. The monoisotopic (exact) mass is 365 g/mol. The molecule has 0 aromatic rings. The third-order valence-corrected chi connectivity index (χ3v) is 5.59. The molecule has 0 saturated carbocycles. The minimum atomic E-state index is 0.253. The van der Waals surface area contributed by atoms with E-state index in [1.165, 1.54) is 38.8 Å². The van der Waals surface area contributed by atoms with Gasteiger partial charge in [-0.05, 0) is 59.0 Å². The van der Waals surface area contributed by atoms with Gasteiger partial charge in [-0.25, -0.2) is 0 Å². The molecular formula is C20H39N5O. The lowest BCUT2D eigenvalue weighted by Crippen LogP contribution is -2.45. The fourth-order valence-electron chi connectivity index (χ4n) is 3.95. The highest BCUT2D eigenvalue weighted by molar-refractivity contribution is 5.80. The lowest BCUT2D eigenvalue weighted by atomic mass is 10.0. The average molecular weight is 366 g/mol. The number of guanidine groups is 1. The summed E-state index contributed by atoms with van der Waals surface area (Å²) in [6, 6.07) is 1.07. The van der Waals surface area contributed by atoms with Crippen molar-refractivity contribution < 1.29 is 4.79 Å². The molecular weight excluding hydrogens is 326 g/mol. The summed E-state index contributed by atoms with van der Waals surface area (Å²) in [5, 5.41) is 6.85. The molecule has 2 N–H and O–H groups in total. The van der Waals surface area contributed by atoms with Crippen LogP contribution in [-0.4, -0.2) is 73.0 Å². The molecule has 0 aliphatic carbocycles. The Balaban J connectivity index is 1.68. The van der Waals surface area contributed by atoms with E-state index >= 15 is 0 Å². The van der Waals surface area contributed by atoms with Crippen LogP contribution in [0.15, 0.2) is 4.99 Å². The van der Waals surface area contributed by atoms with Gasteiger partial charge in [-0.2, -0.15) is 0 Å². The first-order valence-electron chi connectivity index (χ1n) is 10.7. The van der Waals surface area contributed by atoms with E-state index in [9.17, 15) is 4.79 Å². The molecule has 6 nitrogen and oxygen atoms in total. The molecule has 2 saturated heterocycles. The minimum Gasteiger partial charge on any atom is -0.357 e. The van der Waals surface area contributed by atoms with Crippen molar-refractivity contribution in [2.45, 2.75) is 77.8 Å². The molecule has 2 aliphatic heterocycles. The van der Waals surface area contributed by atoms with Gasteiger partial charge in [0.25, 0.3) is 0 Å². The maximum atomic E-state index is 11.8. The zero-order valence-electron chi connectivity index (χ0n) is 17.1. The number of amides is 1. The fourth-order valence-corrected chi connectivity index (χ4v) is 3.95. The van der Waals surface area contributed by atoms with Crippen LogP contribution in [0.3, 0.4) is 0 Å². The van der Waals surface area contributed by atoms with E-state index < -0.39 is 0 Å². The SMILES string of the molecule is CCNC(=NCCCCN1CCCCC1C)NC1CCN(C(=O)CC)C1. The quantitative estimate of drug-likeness (QED) is 0.393. The van der Waals surface area contributed by atoms with Gasteiger partial charge >= 0.3 is 0 Å². The highest BCUT2D eigenvalue weighted by Crippen LogP contribution is 2.16. The van der Waals surface area contributed by atoms with E-state index in [-0.39, 0.29) is 5.91 Å². The zero-order valence-corrected chi connectivity index (χ0v) is 17.1. The number of nitrogens with zero attached hydrogens (tertiary/aromatic N) is 3. The first kappa shape index (κ1) is 21.0. The first-order chi connectivity index (χ1) is 12.6. The molecule has 2 heterocycles. The second-order valence-electron chi connectivity index (χ2n) is 7.67. The third kappa shape index (κ3) is 6.78. The number of carbonyl (C=O) groups excluding carboxylic acids is 1. The predicted molar refractivity (Wildman–Crippen MR) is 109 cm³/mol. The van der Waals surface area contributed by atoms with Crippen molar-refractivity contribution in [3.05, 3.63) is 0 Å². The van der Waals surface area contributed by atoms with Crippen LogP contribution in [0.4, 0.5) is 0 Å². The molecule has 0 aromatic carbocycles. The van der Waals surface area contributed by atoms with Crippen molar-refractivity contribution >= 4 is 11.9 Å². The van der Waals surface area contributed by atoms with Crippen molar-refractivity contribution in [1.82, 2.24) is 20.4 Å². The van der Waals surface area contributed by atoms with Crippen LogP contribution in [0.1, 0.15) is 65.7 Å². The maximum absolute atomic E-state index is 11.8. The van der Waals surface area contributed by atoms with Crippen LogP contribution >= 0.6 is 0 Å². The van der Waals surface area contributed by atoms with Crippen LogP contribution in [0.5, 0.6) is 0 Å². The molecule has 6 heteroatoms. The average Bonchev–Trinajstić information content (AvgIpc) is 3.11. The Kier molecular flexibility index (Phi) is 9.23. The lowest BCUT2D eigenvalue weighted by molar-refractivity contribution is -0.129. The van der Waals surface area contributed by atoms with Crippen LogP contribution < -0.4 is 10.6 Å². The van der Waals surface area contributed by atoms with E-state index in [1.807, 2.05) is 11.8 Å². The number of rotatable bonds is 8. The van der Waals surface area contributed by atoms with Gasteiger partial charge in [-0.15, -0.1) is 0 Å². The minimum absolute atomic E-state index is 0.253. The van der Waals surface area contributed by atoms with Crippen molar-refractivity contribution in [1.29, 1.82) is 0 Å². The number of carbonyl (C=O) groups is 1. The van der Waals surface area contributed by atoms with E-state index in [2.05, 4.69) is 29.4 Å². The second kappa shape index (κ2) is 11.4. The summed E-state index contributed by atoms with van der Waals surface area (Å²) in [6.07, 6.45) is 8.05. The molecule has 0 aromatic heterocycles. The number of hydrogen-bond acceptors (Lipinski definition) is 3. The fraction of sp³-hybridized carbons (Fsp3) is 0.900. The number of piperidine rings is 1. The predicted octanol–water partition coefficient (Wildman–Crippen LogP) is 2.21. The summed E-state index contributed by atoms with van der Waals surface area (Å²) in [4.78, 5) is 21.2. The van der Waals surface area contributed by atoms with E-state index in [1.54, 1.807) is 0 Å². The Hall–Kier alpha value is -1.30. The molecule has 2 rings (SSSR count). The van der Waals surface area contributed by atoms with Crippen molar-refractivity contribution in [3.8, 4) is 0 Å². The van der Waals surface area contributed by atoms with Gasteiger partial charge in [0, 0.05) is 44.7 Å². The molecule has 2 aliphatic rings. The summed E-state index contributed by atoms with van der Waals surface area (Å²) in [6.45, 7) is 12.2. The largest absolute Gasteiger partial charge is 0.357 e. The third-order valence-electron chi connectivity index (χ3n) is 5.59. The first-order valence-corrected chi connectivity index (χ1v) is 10.7. The van der Waals surface area contributed by atoms with Gasteiger partial charge < -0.3 is 20.4 Å². The summed E-state index contributed by atoms with van der Waals surface area (Å²) in [7, 11) is 0. The number of nitrogens with one attached hydrogen (secondary N) is 2. The molecule has 2 unspecified atom stereocenters. The molecule has 1 amide bonds. The summed E-state index contributed by atoms with van der Waals surface area (Å²) in [5.74, 6) is 1.15. The molecule has 0 bridgehead atoms. The maximum Gasteiger partial charge on any atom is 0.222 e. The highest BCUT2D eigenvalue weighted by atomic mass is 16.2. The summed E-state index contributed by atoms with van der Waals surface area (Å²) >= 11 is 0. The van der Waals surface area contributed by atoms with Crippen LogP contribution in [-0.2, 0) is 4.79 Å². The summed E-state index contributed by atoms with van der Waals surface area (Å²) < 4.78 is 0.